The van der Waals surface area contributed by atoms with Gasteiger partial charge in [-0.25, -0.2) is 0 Å². The van der Waals surface area contributed by atoms with Crippen LogP contribution in [-0.4, -0.2) is 11.0 Å². The van der Waals surface area contributed by atoms with Crippen molar-refractivity contribution in [1.82, 2.24) is 0 Å². The highest BCUT2D eigenvalue weighted by Gasteiger charge is 2.15. The predicted molar refractivity (Wildman–Crippen MR) is 80.2 cm³/mol. The van der Waals surface area contributed by atoms with Crippen molar-refractivity contribution in [3.8, 4) is 5.75 Å². The quantitative estimate of drug-likeness (QED) is 0.814. The number of carbonyl (C=O) groups is 1. The Morgan fingerprint density at radius 1 is 1.11 bits per heavy atom. The minimum absolute atomic E-state index is 0.0920. The van der Waals surface area contributed by atoms with Gasteiger partial charge in [0.25, 0.3) is 5.91 Å². The third-order valence-electron chi connectivity index (χ3n) is 2.37. The minimum Gasteiger partial charge on any atom is -0.506 e. The van der Waals surface area contributed by atoms with E-state index in [1.807, 2.05) is 0 Å². The predicted octanol–water partition coefficient (Wildman–Crippen LogP) is 4.71. The summed E-state index contributed by atoms with van der Waals surface area (Å²) >= 11 is 14.7. The van der Waals surface area contributed by atoms with Gasteiger partial charge in [0.1, 0.15) is 5.75 Å². The number of rotatable bonds is 2. The number of nitrogens with one attached hydrogen (secondary N) is 1. The molecule has 3 nitrogen and oxygen atoms in total. The summed E-state index contributed by atoms with van der Waals surface area (Å²) in [5.74, 6) is -0.612. The highest BCUT2D eigenvalue weighted by atomic mass is 79.9. The Hall–Kier alpha value is -1.23. The number of hydrogen-bond donors (Lipinski definition) is 2. The maximum absolute atomic E-state index is 12.0. The number of phenols is 1. The van der Waals surface area contributed by atoms with E-state index in [2.05, 4.69) is 21.2 Å². The summed E-state index contributed by atoms with van der Waals surface area (Å²) in [5, 5.41) is 13.4. The molecule has 19 heavy (non-hydrogen) atoms. The molecule has 1 amide bonds. The average Bonchev–Trinajstić information content (AvgIpc) is 2.36. The smallest absolute Gasteiger partial charge is 0.259 e. The van der Waals surface area contributed by atoms with Crippen LogP contribution in [0, 0.1) is 0 Å². The Morgan fingerprint density at radius 2 is 1.74 bits per heavy atom. The van der Waals surface area contributed by atoms with Crippen molar-refractivity contribution < 1.29 is 9.90 Å². The molecule has 0 aromatic heterocycles. The van der Waals surface area contributed by atoms with Gasteiger partial charge in [-0.3, -0.25) is 4.79 Å². The standard InChI is InChI=1S/C13H8BrCl2NO2/c14-11-6-8(16)5-10(12(11)18)13(19)17-9-3-1-7(15)2-4-9/h1-6,18H,(H,17,19). The van der Waals surface area contributed by atoms with Crippen molar-refractivity contribution in [1.29, 1.82) is 0 Å². The lowest BCUT2D eigenvalue weighted by atomic mass is 10.2. The highest BCUT2D eigenvalue weighted by Crippen LogP contribution is 2.32. The molecule has 0 saturated carbocycles. The van der Waals surface area contributed by atoms with Crippen LogP contribution in [0.15, 0.2) is 40.9 Å². The molecule has 0 bridgehead atoms. The molecule has 0 fully saturated rings. The van der Waals surface area contributed by atoms with Crippen LogP contribution in [0.25, 0.3) is 0 Å². The zero-order valence-electron chi connectivity index (χ0n) is 9.45. The van der Waals surface area contributed by atoms with Crippen LogP contribution in [0.1, 0.15) is 10.4 Å². The van der Waals surface area contributed by atoms with Crippen molar-refractivity contribution in [2.24, 2.45) is 0 Å². The van der Waals surface area contributed by atoms with Gasteiger partial charge in [-0.2, -0.15) is 0 Å². The molecule has 98 valence electrons. The number of halogens is 3. The first-order valence-corrected chi connectivity index (χ1v) is 6.77. The molecule has 0 unspecified atom stereocenters. The molecule has 0 spiro atoms. The van der Waals surface area contributed by atoms with E-state index >= 15 is 0 Å². The molecule has 0 saturated heterocycles. The fourth-order valence-corrected chi connectivity index (χ4v) is 2.41. The summed E-state index contributed by atoms with van der Waals surface area (Å²) in [5.41, 5.74) is 0.666. The molecule has 0 radical (unpaired) electrons. The number of anilines is 1. The van der Waals surface area contributed by atoms with Crippen LogP contribution in [-0.2, 0) is 0 Å². The topological polar surface area (TPSA) is 49.3 Å². The normalized spacial score (nSPS) is 10.3. The van der Waals surface area contributed by atoms with E-state index in [9.17, 15) is 9.90 Å². The van der Waals surface area contributed by atoms with Gasteiger partial charge in [0, 0.05) is 15.7 Å². The van der Waals surface area contributed by atoms with Crippen molar-refractivity contribution in [3.05, 3.63) is 56.5 Å². The van der Waals surface area contributed by atoms with E-state index in [-0.39, 0.29) is 11.3 Å². The van der Waals surface area contributed by atoms with Gasteiger partial charge in [-0.15, -0.1) is 0 Å². The Bertz CT molecular complexity index is 629. The van der Waals surface area contributed by atoms with Crippen LogP contribution in [0.5, 0.6) is 5.75 Å². The van der Waals surface area contributed by atoms with Gasteiger partial charge >= 0.3 is 0 Å². The first-order valence-electron chi connectivity index (χ1n) is 5.22. The van der Waals surface area contributed by atoms with E-state index < -0.39 is 5.91 Å². The van der Waals surface area contributed by atoms with Crippen molar-refractivity contribution >= 4 is 50.7 Å². The molecule has 0 atom stereocenters. The van der Waals surface area contributed by atoms with E-state index in [4.69, 9.17) is 23.2 Å². The second-order valence-corrected chi connectivity index (χ2v) is 5.47. The van der Waals surface area contributed by atoms with Crippen LogP contribution in [0.2, 0.25) is 10.0 Å². The second kappa shape index (κ2) is 5.82. The lowest BCUT2D eigenvalue weighted by Gasteiger charge is -2.08. The number of aromatic hydroxyl groups is 1. The van der Waals surface area contributed by atoms with E-state index in [1.54, 1.807) is 24.3 Å². The number of carbonyl (C=O) groups excluding carboxylic acids is 1. The summed E-state index contributed by atoms with van der Waals surface area (Å²) in [4.78, 5) is 12.0. The third kappa shape index (κ3) is 3.41. The zero-order valence-corrected chi connectivity index (χ0v) is 12.6. The zero-order chi connectivity index (χ0) is 14.0. The molecule has 0 aliphatic heterocycles. The number of hydrogen-bond acceptors (Lipinski definition) is 2. The Labute approximate surface area is 128 Å². The Balaban J connectivity index is 2.27. The lowest BCUT2D eigenvalue weighted by molar-refractivity contribution is 0.102. The lowest BCUT2D eigenvalue weighted by Crippen LogP contribution is -2.12. The van der Waals surface area contributed by atoms with Crippen LogP contribution in [0.4, 0.5) is 5.69 Å². The third-order valence-corrected chi connectivity index (χ3v) is 3.45. The summed E-state index contributed by atoms with van der Waals surface area (Å²) in [7, 11) is 0. The van der Waals surface area contributed by atoms with Gasteiger partial charge in [0.15, 0.2) is 0 Å². The van der Waals surface area contributed by atoms with Crippen molar-refractivity contribution in [2.45, 2.75) is 0 Å². The molecular formula is C13H8BrCl2NO2. The van der Waals surface area contributed by atoms with E-state index in [1.165, 1.54) is 12.1 Å². The first kappa shape index (κ1) is 14.2. The fraction of sp³-hybridized carbons (Fsp3) is 0. The van der Waals surface area contributed by atoms with Gasteiger partial charge in [-0.1, -0.05) is 23.2 Å². The van der Waals surface area contributed by atoms with Crippen LogP contribution in [0.3, 0.4) is 0 Å². The number of amides is 1. The Kier molecular flexibility index (Phi) is 4.34. The SMILES string of the molecule is O=C(Nc1ccc(Cl)cc1)c1cc(Cl)cc(Br)c1O. The molecule has 0 aliphatic rings. The van der Waals surface area contributed by atoms with Crippen molar-refractivity contribution in [3.63, 3.8) is 0 Å². The highest BCUT2D eigenvalue weighted by molar-refractivity contribution is 9.10. The van der Waals surface area contributed by atoms with Gasteiger partial charge in [0.05, 0.1) is 10.0 Å². The molecule has 0 heterocycles. The van der Waals surface area contributed by atoms with E-state index in [0.29, 0.717) is 20.2 Å². The molecule has 0 aliphatic carbocycles. The monoisotopic (exact) mass is 359 g/mol. The minimum atomic E-state index is -0.456. The molecule has 2 aromatic rings. The first-order chi connectivity index (χ1) is 8.97. The summed E-state index contributed by atoms with van der Waals surface area (Å²) < 4.78 is 0.362. The maximum atomic E-state index is 12.0. The summed E-state index contributed by atoms with van der Waals surface area (Å²) in [6.45, 7) is 0. The number of benzene rings is 2. The Morgan fingerprint density at radius 3 is 2.37 bits per heavy atom. The fourth-order valence-electron chi connectivity index (χ4n) is 1.47. The van der Waals surface area contributed by atoms with Crippen LogP contribution >= 0.6 is 39.1 Å². The van der Waals surface area contributed by atoms with Gasteiger partial charge in [-0.05, 0) is 52.3 Å². The number of phenolic OH excluding ortho intramolecular Hbond substituents is 1. The molecule has 2 aromatic carbocycles. The molecule has 6 heteroatoms. The summed E-state index contributed by atoms with van der Waals surface area (Å²) in [6, 6.07) is 9.55. The van der Waals surface area contributed by atoms with Crippen LogP contribution < -0.4 is 5.32 Å². The van der Waals surface area contributed by atoms with E-state index in [0.717, 1.165) is 0 Å². The van der Waals surface area contributed by atoms with Gasteiger partial charge in [0.2, 0.25) is 0 Å². The maximum Gasteiger partial charge on any atom is 0.259 e. The largest absolute Gasteiger partial charge is 0.506 e. The average molecular weight is 361 g/mol. The second-order valence-electron chi connectivity index (χ2n) is 3.74. The van der Waals surface area contributed by atoms with Gasteiger partial charge < -0.3 is 10.4 Å². The van der Waals surface area contributed by atoms with Crippen molar-refractivity contribution in [2.75, 3.05) is 5.32 Å². The molecule has 2 N–H and O–H groups in total. The molecule has 2 rings (SSSR count). The molecular weight excluding hydrogens is 353 g/mol. The summed E-state index contributed by atoms with van der Waals surface area (Å²) in [6.07, 6.45) is 0.